The molecule has 0 aliphatic carbocycles. The molecule has 2 aromatic carbocycles. The number of rotatable bonds is 8. The summed E-state index contributed by atoms with van der Waals surface area (Å²) in [5.41, 5.74) is 1.37. The highest BCUT2D eigenvalue weighted by Gasteiger charge is 2.15. The Balaban J connectivity index is 1.67. The zero-order valence-electron chi connectivity index (χ0n) is 14.9. The molecular weight excluding hydrogens is 396 g/mol. The lowest BCUT2D eigenvalue weighted by Crippen LogP contribution is -2.15. The highest BCUT2D eigenvalue weighted by atomic mass is 32.2. The Morgan fingerprint density at radius 3 is 2.82 bits per heavy atom. The van der Waals surface area contributed by atoms with Crippen molar-refractivity contribution in [1.29, 1.82) is 5.26 Å². The summed E-state index contributed by atoms with van der Waals surface area (Å²) in [5, 5.41) is 23.8. The summed E-state index contributed by atoms with van der Waals surface area (Å²) in [4.78, 5) is 13.2. The normalized spacial score (nSPS) is 10.3. The van der Waals surface area contributed by atoms with Crippen molar-refractivity contribution in [3.05, 3.63) is 48.5 Å². The Hall–Kier alpha value is -3.03. The van der Waals surface area contributed by atoms with Gasteiger partial charge in [-0.2, -0.15) is 9.94 Å². The summed E-state index contributed by atoms with van der Waals surface area (Å²) in [5.74, 6) is 0.886. The monoisotopic (exact) mass is 412 g/mol. The minimum absolute atomic E-state index is 0.132. The number of amides is 1. The van der Waals surface area contributed by atoms with Gasteiger partial charge >= 0.3 is 0 Å². The minimum Gasteiger partial charge on any atom is -0.494 e. The lowest BCUT2D eigenvalue weighted by molar-refractivity contribution is -0.113. The first kappa shape index (κ1) is 19.7. The number of carbonyl (C=O) groups is 1. The van der Waals surface area contributed by atoms with Crippen molar-refractivity contribution >= 4 is 35.1 Å². The number of tetrazole rings is 1. The Morgan fingerprint density at radius 1 is 1.21 bits per heavy atom. The van der Waals surface area contributed by atoms with Crippen LogP contribution in [0.15, 0.2) is 58.6 Å². The van der Waals surface area contributed by atoms with Crippen molar-refractivity contribution in [2.24, 2.45) is 0 Å². The van der Waals surface area contributed by atoms with Gasteiger partial charge in [0.25, 0.3) is 0 Å². The van der Waals surface area contributed by atoms with Crippen LogP contribution in [0.25, 0.3) is 5.69 Å². The zero-order chi connectivity index (χ0) is 19.8. The van der Waals surface area contributed by atoms with Gasteiger partial charge < -0.3 is 10.1 Å². The molecule has 10 heteroatoms. The number of hydrogen-bond donors (Lipinski definition) is 1. The Labute approximate surface area is 170 Å². The van der Waals surface area contributed by atoms with Crippen molar-refractivity contribution < 1.29 is 9.53 Å². The first-order chi connectivity index (χ1) is 13.7. The van der Waals surface area contributed by atoms with Crippen LogP contribution in [-0.2, 0) is 4.79 Å². The van der Waals surface area contributed by atoms with Gasteiger partial charge in [0.05, 0.1) is 30.4 Å². The largest absolute Gasteiger partial charge is 0.494 e. The van der Waals surface area contributed by atoms with E-state index in [0.717, 1.165) is 4.90 Å². The van der Waals surface area contributed by atoms with Gasteiger partial charge in [-0.1, -0.05) is 36.0 Å². The first-order valence-corrected chi connectivity index (χ1v) is 10.1. The predicted octanol–water partition coefficient (Wildman–Crippen LogP) is 3.02. The Kier molecular flexibility index (Phi) is 6.89. The maximum absolute atomic E-state index is 12.4. The maximum Gasteiger partial charge on any atom is 0.234 e. The maximum atomic E-state index is 12.4. The fourth-order valence-electron chi connectivity index (χ4n) is 2.35. The molecule has 0 saturated carbocycles. The molecule has 3 aromatic rings. The van der Waals surface area contributed by atoms with Gasteiger partial charge in [-0.05, 0) is 34.7 Å². The van der Waals surface area contributed by atoms with E-state index in [1.165, 1.54) is 28.2 Å². The lowest BCUT2D eigenvalue weighted by Gasteiger charge is -2.10. The number of methoxy groups -OCH3 is 1. The number of hydrogen-bond acceptors (Lipinski definition) is 8. The molecule has 28 heavy (non-hydrogen) atoms. The summed E-state index contributed by atoms with van der Waals surface area (Å²) >= 11 is 2.59. The fraction of sp³-hybridized carbons (Fsp3) is 0.167. The van der Waals surface area contributed by atoms with Gasteiger partial charge in [0.1, 0.15) is 11.4 Å². The highest BCUT2D eigenvalue weighted by molar-refractivity contribution is 8.00. The number of benzene rings is 2. The van der Waals surface area contributed by atoms with E-state index in [1.807, 2.05) is 42.5 Å². The SMILES string of the molecule is COc1ccccc1-n1nnnc1SCC(=O)Nc1ccccc1SCC#N. The molecule has 0 unspecified atom stereocenters. The van der Waals surface area contributed by atoms with Gasteiger partial charge in [0.15, 0.2) is 0 Å². The van der Waals surface area contributed by atoms with E-state index in [0.29, 0.717) is 28.0 Å². The van der Waals surface area contributed by atoms with Crippen LogP contribution in [-0.4, -0.2) is 44.7 Å². The topological polar surface area (TPSA) is 106 Å². The van der Waals surface area contributed by atoms with Crippen LogP contribution in [0.2, 0.25) is 0 Å². The van der Waals surface area contributed by atoms with Crippen molar-refractivity contribution in [2.75, 3.05) is 23.9 Å². The van der Waals surface area contributed by atoms with Crippen LogP contribution >= 0.6 is 23.5 Å². The predicted molar refractivity (Wildman–Crippen MR) is 108 cm³/mol. The van der Waals surface area contributed by atoms with Gasteiger partial charge in [0.2, 0.25) is 11.1 Å². The van der Waals surface area contributed by atoms with E-state index in [-0.39, 0.29) is 11.7 Å². The number of aromatic nitrogens is 4. The van der Waals surface area contributed by atoms with E-state index in [4.69, 9.17) is 10.00 Å². The van der Waals surface area contributed by atoms with E-state index < -0.39 is 0 Å². The molecule has 0 aliphatic rings. The molecule has 0 aliphatic heterocycles. The number of anilines is 1. The van der Waals surface area contributed by atoms with E-state index in [1.54, 1.807) is 13.2 Å². The molecule has 3 rings (SSSR count). The van der Waals surface area contributed by atoms with Crippen LogP contribution in [0.1, 0.15) is 0 Å². The number of thioether (sulfide) groups is 2. The quantitative estimate of drug-likeness (QED) is 0.563. The van der Waals surface area contributed by atoms with Crippen molar-refractivity contribution in [3.8, 4) is 17.5 Å². The van der Waals surface area contributed by atoms with Crippen LogP contribution in [0.3, 0.4) is 0 Å². The smallest absolute Gasteiger partial charge is 0.234 e. The molecule has 1 amide bonds. The molecule has 0 saturated heterocycles. The van der Waals surface area contributed by atoms with Gasteiger partial charge in [-0.3, -0.25) is 4.79 Å². The molecule has 0 radical (unpaired) electrons. The number of nitrogens with one attached hydrogen (secondary N) is 1. The van der Waals surface area contributed by atoms with Crippen LogP contribution in [0, 0.1) is 11.3 Å². The number of carbonyl (C=O) groups excluding carboxylic acids is 1. The van der Waals surface area contributed by atoms with Crippen molar-refractivity contribution in [3.63, 3.8) is 0 Å². The molecule has 0 bridgehead atoms. The minimum atomic E-state index is -0.190. The second-order valence-corrected chi connectivity index (χ2v) is 7.28. The Morgan fingerprint density at radius 2 is 2.00 bits per heavy atom. The average molecular weight is 413 g/mol. The standard InChI is InChI=1S/C18H16N6O2S2/c1-26-15-8-4-3-7-14(15)24-18(21-22-23-24)28-12-17(25)20-13-6-2-5-9-16(13)27-11-10-19/h2-9H,11-12H2,1H3,(H,20,25). The number of para-hydroxylation sites is 3. The third-order valence-corrected chi connectivity index (χ3v) is 5.40. The fourth-order valence-corrected chi connectivity index (χ4v) is 3.70. The number of nitrogens with zero attached hydrogens (tertiary/aromatic N) is 5. The van der Waals surface area contributed by atoms with Crippen LogP contribution in [0.5, 0.6) is 5.75 Å². The Bertz CT molecular complexity index is 1000. The summed E-state index contributed by atoms with van der Waals surface area (Å²) in [6, 6.07) is 16.8. The summed E-state index contributed by atoms with van der Waals surface area (Å²) in [6.07, 6.45) is 0. The van der Waals surface area contributed by atoms with E-state index in [9.17, 15) is 4.79 Å². The summed E-state index contributed by atoms with van der Waals surface area (Å²) < 4.78 is 6.88. The van der Waals surface area contributed by atoms with Gasteiger partial charge in [-0.15, -0.1) is 16.9 Å². The molecular formula is C18H16N6O2S2. The van der Waals surface area contributed by atoms with Crippen LogP contribution < -0.4 is 10.1 Å². The molecule has 0 fully saturated rings. The molecule has 0 spiro atoms. The summed E-state index contributed by atoms with van der Waals surface area (Å²) in [7, 11) is 1.57. The third kappa shape index (κ3) is 4.82. The second-order valence-electron chi connectivity index (χ2n) is 5.32. The highest BCUT2D eigenvalue weighted by Crippen LogP contribution is 2.28. The molecule has 1 heterocycles. The van der Waals surface area contributed by atoms with Gasteiger partial charge in [0, 0.05) is 4.90 Å². The molecule has 142 valence electrons. The second kappa shape index (κ2) is 9.77. The van der Waals surface area contributed by atoms with Crippen molar-refractivity contribution in [1.82, 2.24) is 20.2 Å². The zero-order valence-corrected chi connectivity index (χ0v) is 16.5. The average Bonchev–Trinajstić information content (AvgIpc) is 3.20. The lowest BCUT2D eigenvalue weighted by atomic mass is 10.3. The molecule has 1 aromatic heterocycles. The van der Waals surface area contributed by atoms with E-state index >= 15 is 0 Å². The third-order valence-electron chi connectivity index (χ3n) is 3.54. The van der Waals surface area contributed by atoms with Crippen LogP contribution in [0.4, 0.5) is 5.69 Å². The van der Waals surface area contributed by atoms with Crippen molar-refractivity contribution in [2.45, 2.75) is 10.1 Å². The molecule has 0 atom stereocenters. The van der Waals surface area contributed by atoms with Gasteiger partial charge in [-0.25, -0.2) is 0 Å². The first-order valence-electron chi connectivity index (χ1n) is 8.16. The number of ether oxygens (including phenoxy) is 1. The number of nitriles is 1. The summed E-state index contributed by atoms with van der Waals surface area (Å²) in [6.45, 7) is 0. The van der Waals surface area contributed by atoms with E-state index in [2.05, 4.69) is 26.9 Å². The molecule has 8 nitrogen and oxygen atoms in total. The molecule has 1 N–H and O–H groups in total.